The molecular formula is C21H25N3O3. The van der Waals surface area contributed by atoms with Crippen LogP contribution in [-0.4, -0.2) is 29.5 Å². The van der Waals surface area contributed by atoms with Gasteiger partial charge in [0.25, 0.3) is 0 Å². The first-order valence-corrected chi connectivity index (χ1v) is 9.22. The number of aliphatic hydroxyl groups is 1. The molecule has 142 valence electrons. The SMILES string of the molecule is C[C@H]1C[C@H](N=[N+]=[N-])[C@H](OCc2ccccc2)[C@@H](OCc2ccccc2)[C@H]1O. The van der Waals surface area contributed by atoms with Crippen molar-refractivity contribution >= 4 is 0 Å². The molecule has 6 nitrogen and oxygen atoms in total. The minimum atomic E-state index is -0.681. The van der Waals surface area contributed by atoms with Crippen LogP contribution < -0.4 is 0 Å². The number of azide groups is 1. The molecule has 1 saturated carbocycles. The third-order valence-electron chi connectivity index (χ3n) is 5.01. The minimum absolute atomic E-state index is 0.0437. The first-order valence-electron chi connectivity index (χ1n) is 9.22. The van der Waals surface area contributed by atoms with Crippen molar-refractivity contribution in [2.75, 3.05) is 0 Å². The van der Waals surface area contributed by atoms with Gasteiger partial charge in [0.15, 0.2) is 0 Å². The Kier molecular flexibility index (Phi) is 6.85. The average Bonchev–Trinajstić information content (AvgIpc) is 2.70. The molecule has 1 fully saturated rings. The smallest absolute Gasteiger partial charge is 0.111 e. The molecule has 27 heavy (non-hydrogen) atoms. The molecule has 0 spiro atoms. The average molecular weight is 367 g/mol. The maximum Gasteiger partial charge on any atom is 0.111 e. The summed E-state index contributed by atoms with van der Waals surface area (Å²) in [5.41, 5.74) is 11.0. The summed E-state index contributed by atoms with van der Waals surface area (Å²) in [6, 6.07) is 19.2. The maximum absolute atomic E-state index is 10.7. The van der Waals surface area contributed by atoms with Crippen LogP contribution in [0.1, 0.15) is 24.5 Å². The number of ether oxygens (including phenoxy) is 2. The zero-order valence-electron chi connectivity index (χ0n) is 15.4. The van der Waals surface area contributed by atoms with Crippen LogP contribution in [0.3, 0.4) is 0 Å². The van der Waals surface area contributed by atoms with E-state index in [9.17, 15) is 5.11 Å². The zero-order valence-corrected chi connectivity index (χ0v) is 15.4. The van der Waals surface area contributed by atoms with Crippen molar-refractivity contribution in [1.29, 1.82) is 0 Å². The summed E-state index contributed by atoms with van der Waals surface area (Å²) >= 11 is 0. The van der Waals surface area contributed by atoms with E-state index in [1.54, 1.807) is 0 Å². The normalized spacial score (nSPS) is 27.7. The first kappa shape index (κ1) is 19.4. The molecule has 0 heterocycles. The van der Waals surface area contributed by atoms with Gasteiger partial charge in [-0.3, -0.25) is 0 Å². The standard InChI is InChI=1S/C21H25N3O3/c1-15-12-18(23-24-22)20(26-13-16-8-4-2-5-9-16)21(19(15)25)27-14-17-10-6-3-7-11-17/h2-11,15,18-21,25H,12-14H2,1H3/t15-,18-,19-,20-,21-/m0/s1. The quantitative estimate of drug-likeness (QED) is 0.451. The molecule has 2 aromatic carbocycles. The van der Waals surface area contributed by atoms with E-state index >= 15 is 0 Å². The topological polar surface area (TPSA) is 87.5 Å². The molecular weight excluding hydrogens is 342 g/mol. The lowest BCUT2D eigenvalue weighted by atomic mass is 9.80. The van der Waals surface area contributed by atoms with Crippen molar-refractivity contribution < 1.29 is 14.6 Å². The van der Waals surface area contributed by atoms with Gasteiger partial charge in [0.2, 0.25) is 0 Å². The Bertz CT molecular complexity index is 750. The Balaban J connectivity index is 1.76. The highest BCUT2D eigenvalue weighted by Gasteiger charge is 2.43. The first-order chi connectivity index (χ1) is 13.2. The van der Waals surface area contributed by atoms with Gasteiger partial charge < -0.3 is 14.6 Å². The van der Waals surface area contributed by atoms with Crippen LogP contribution in [0.5, 0.6) is 0 Å². The second-order valence-corrected chi connectivity index (χ2v) is 7.00. The second kappa shape index (κ2) is 9.53. The molecule has 5 atom stereocenters. The van der Waals surface area contributed by atoms with E-state index in [0.717, 1.165) is 11.1 Å². The Labute approximate surface area is 159 Å². The molecule has 0 bridgehead atoms. The van der Waals surface area contributed by atoms with Crippen LogP contribution in [-0.2, 0) is 22.7 Å². The molecule has 0 unspecified atom stereocenters. The molecule has 1 N–H and O–H groups in total. The molecule has 1 aliphatic rings. The lowest BCUT2D eigenvalue weighted by molar-refractivity contribution is -0.171. The van der Waals surface area contributed by atoms with Gasteiger partial charge in [-0.1, -0.05) is 72.7 Å². The maximum atomic E-state index is 10.7. The van der Waals surface area contributed by atoms with Gasteiger partial charge in [-0.2, -0.15) is 0 Å². The van der Waals surface area contributed by atoms with Crippen molar-refractivity contribution in [2.45, 2.75) is 50.9 Å². The summed E-state index contributed by atoms with van der Waals surface area (Å²) < 4.78 is 12.2. The largest absolute Gasteiger partial charge is 0.390 e. The van der Waals surface area contributed by atoms with Crippen molar-refractivity contribution in [3.05, 3.63) is 82.2 Å². The van der Waals surface area contributed by atoms with Crippen LogP contribution in [0.15, 0.2) is 65.8 Å². The predicted molar refractivity (Wildman–Crippen MR) is 103 cm³/mol. The molecule has 0 aliphatic heterocycles. The molecule has 1 aliphatic carbocycles. The van der Waals surface area contributed by atoms with Gasteiger partial charge in [0, 0.05) is 4.91 Å². The molecule has 0 aromatic heterocycles. The van der Waals surface area contributed by atoms with E-state index in [-0.39, 0.29) is 12.0 Å². The van der Waals surface area contributed by atoms with Gasteiger partial charge in [-0.25, -0.2) is 0 Å². The van der Waals surface area contributed by atoms with E-state index in [1.807, 2.05) is 67.6 Å². The summed E-state index contributed by atoms with van der Waals surface area (Å²) in [5.74, 6) is -0.0437. The highest BCUT2D eigenvalue weighted by molar-refractivity contribution is 5.14. The van der Waals surface area contributed by atoms with Crippen LogP contribution >= 0.6 is 0 Å². The van der Waals surface area contributed by atoms with E-state index < -0.39 is 18.3 Å². The molecule has 0 radical (unpaired) electrons. The van der Waals surface area contributed by atoms with Crippen LogP contribution in [0.4, 0.5) is 0 Å². The van der Waals surface area contributed by atoms with Crippen LogP contribution in [0.25, 0.3) is 10.4 Å². The van der Waals surface area contributed by atoms with Gasteiger partial charge >= 0.3 is 0 Å². The third-order valence-corrected chi connectivity index (χ3v) is 5.01. The van der Waals surface area contributed by atoms with Crippen molar-refractivity contribution in [3.63, 3.8) is 0 Å². The summed E-state index contributed by atoms with van der Waals surface area (Å²) in [6.07, 6.45) is -1.18. The van der Waals surface area contributed by atoms with Gasteiger partial charge in [0.05, 0.1) is 31.5 Å². The van der Waals surface area contributed by atoms with E-state index in [0.29, 0.717) is 19.6 Å². The second-order valence-electron chi connectivity index (χ2n) is 7.00. The van der Waals surface area contributed by atoms with E-state index in [2.05, 4.69) is 10.0 Å². The lowest BCUT2D eigenvalue weighted by Gasteiger charge is -2.42. The fraction of sp³-hybridized carbons (Fsp3) is 0.429. The van der Waals surface area contributed by atoms with Gasteiger partial charge in [-0.15, -0.1) is 0 Å². The number of rotatable bonds is 7. The zero-order chi connectivity index (χ0) is 19.1. The number of benzene rings is 2. The highest BCUT2D eigenvalue weighted by Crippen LogP contribution is 2.32. The fourth-order valence-electron chi connectivity index (χ4n) is 3.50. The number of nitrogens with zero attached hydrogens (tertiary/aromatic N) is 3. The fourth-order valence-corrected chi connectivity index (χ4v) is 3.50. The van der Waals surface area contributed by atoms with Crippen molar-refractivity contribution in [3.8, 4) is 0 Å². The van der Waals surface area contributed by atoms with Gasteiger partial charge in [0.1, 0.15) is 6.10 Å². The molecule has 0 amide bonds. The number of hydrogen-bond acceptors (Lipinski definition) is 4. The summed E-state index contributed by atoms with van der Waals surface area (Å²) in [6.45, 7) is 2.68. The third kappa shape index (κ3) is 5.08. The summed E-state index contributed by atoms with van der Waals surface area (Å²) in [7, 11) is 0. The highest BCUT2D eigenvalue weighted by atomic mass is 16.5. The van der Waals surface area contributed by atoms with Crippen molar-refractivity contribution in [1.82, 2.24) is 0 Å². The Morgan fingerprint density at radius 2 is 1.48 bits per heavy atom. The minimum Gasteiger partial charge on any atom is -0.390 e. The lowest BCUT2D eigenvalue weighted by Crippen LogP contribution is -2.54. The Morgan fingerprint density at radius 1 is 0.963 bits per heavy atom. The van der Waals surface area contributed by atoms with Gasteiger partial charge in [-0.05, 0) is 29.0 Å². The number of aliphatic hydroxyl groups excluding tert-OH is 1. The Morgan fingerprint density at radius 3 is 2.00 bits per heavy atom. The molecule has 3 rings (SSSR count). The monoisotopic (exact) mass is 367 g/mol. The Hall–Kier alpha value is -2.37. The summed E-state index contributed by atoms with van der Waals surface area (Å²) in [5, 5.41) is 14.7. The number of hydrogen-bond donors (Lipinski definition) is 1. The van der Waals surface area contributed by atoms with Crippen LogP contribution in [0, 0.1) is 5.92 Å². The molecule has 6 heteroatoms. The van der Waals surface area contributed by atoms with Crippen LogP contribution in [0.2, 0.25) is 0 Å². The molecule has 2 aromatic rings. The van der Waals surface area contributed by atoms with E-state index in [4.69, 9.17) is 15.0 Å². The van der Waals surface area contributed by atoms with Crippen molar-refractivity contribution in [2.24, 2.45) is 11.0 Å². The molecule has 0 saturated heterocycles. The van der Waals surface area contributed by atoms with E-state index in [1.165, 1.54) is 0 Å². The summed E-state index contributed by atoms with van der Waals surface area (Å²) in [4.78, 5) is 2.98. The predicted octanol–water partition coefficient (Wildman–Crippen LogP) is 4.24.